The van der Waals surface area contributed by atoms with Crippen LogP contribution in [0.5, 0.6) is 0 Å². The van der Waals surface area contributed by atoms with Crippen molar-refractivity contribution in [3.05, 3.63) is 63.6 Å². The highest BCUT2D eigenvalue weighted by Gasteiger charge is 2.20. The van der Waals surface area contributed by atoms with E-state index in [2.05, 4.69) is 48.6 Å². The lowest BCUT2D eigenvalue weighted by atomic mass is 10.0. The average molecular weight is 381 g/mol. The quantitative estimate of drug-likeness (QED) is 0.808. The third kappa shape index (κ3) is 5.11. The SMILES string of the molecule is CN(C)c1ccc([C@H](CNC(=O)c2ccc(Cl)cc2Cl)[NH+](C)C)cc1. The number of nitrogens with zero attached hydrogens (tertiary/aromatic N) is 1. The summed E-state index contributed by atoms with van der Waals surface area (Å²) in [6.45, 7) is 0.515. The molecule has 6 heteroatoms. The van der Waals surface area contributed by atoms with Gasteiger partial charge in [0.2, 0.25) is 0 Å². The summed E-state index contributed by atoms with van der Waals surface area (Å²) in [7, 11) is 8.18. The molecule has 0 aliphatic rings. The minimum absolute atomic E-state index is 0.145. The predicted molar refractivity (Wildman–Crippen MR) is 105 cm³/mol. The molecule has 0 aromatic heterocycles. The van der Waals surface area contributed by atoms with Gasteiger partial charge in [-0.3, -0.25) is 4.79 Å². The lowest BCUT2D eigenvalue weighted by molar-refractivity contribution is -0.890. The standard InChI is InChI=1S/C19H23Cl2N3O/c1-23(2)15-8-5-13(6-9-15)18(24(3)4)12-22-19(25)16-10-7-14(20)11-17(16)21/h5-11,18H,12H2,1-4H3,(H,22,25)/p+1/t18-/m0/s1. The van der Waals surface area contributed by atoms with Crippen molar-refractivity contribution in [1.82, 2.24) is 5.32 Å². The molecule has 0 aliphatic carbocycles. The van der Waals surface area contributed by atoms with E-state index >= 15 is 0 Å². The van der Waals surface area contributed by atoms with Crippen LogP contribution in [0, 0.1) is 0 Å². The van der Waals surface area contributed by atoms with Crippen LogP contribution in [-0.4, -0.2) is 40.6 Å². The van der Waals surface area contributed by atoms with Crippen LogP contribution in [0.3, 0.4) is 0 Å². The van der Waals surface area contributed by atoms with Crippen LogP contribution in [0.2, 0.25) is 10.0 Å². The minimum atomic E-state index is -0.196. The van der Waals surface area contributed by atoms with Crippen LogP contribution < -0.4 is 15.1 Å². The third-order valence-electron chi connectivity index (χ3n) is 4.15. The largest absolute Gasteiger partial charge is 0.378 e. The zero-order valence-electron chi connectivity index (χ0n) is 14.9. The van der Waals surface area contributed by atoms with E-state index < -0.39 is 0 Å². The second kappa shape index (κ2) is 8.56. The molecule has 0 unspecified atom stereocenters. The fourth-order valence-electron chi connectivity index (χ4n) is 2.62. The van der Waals surface area contributed by atoms with Gasteiger partial charge in [0.05, 0.1) is 31.2 Å². The molecule has 1 atom stereocenters. The monoisotopic (exact) mass is 380 g/mol. The van der Waals surface area contributed by atoms with E-state index in [1.165, 1.54) is 10.5 Å². The van der Waals surface area contributed by atoms with Crippen molar-refractivity contribution in [2.24, 2.45) is 0 Å². The second-order valence-electron chi connectivity index (χ2n) is 6.45. The van der Waals surface area contributed by atoms with E-state index in [0.717, 1.165) is 5.69 Å². The molecule has 0 bridgehead atoms. The van der Waals surface area contributed by atoms with Gasteiger partial charge in [0, 0.05) is 30.4 Å². The van der Waals surface area contributed by atoms with Crippen molar-refractivity contribution >= 4 is 34.8 Å². The molecule has 25 heavy (non-hydrogen) atoms. The normalized spacial score (nSPS) is 12.1. The van der Waals surface area contributed by atoms with E-state index in [-0.39, 0.29) is 11.9 Å². The van der Waals surface area contributed by atoms with E-state index in [0.29, 0.717) is 22.2 Å². The molecule has 0 heterocycles. The van der Waals surface area contributed by atoms with Crippen molar-refractivity contribution in [3.63, 3.8) is 0 Å². The molecule has 0 spiro atoms. The lowest BCUT2D eigenvalue weighted by Crippen LogP contribution is -3.07. The number of benzene rings is 2. The Balaban J connectivity index is 2.10. The van der Waals surface area contributed by atoms with Gasteiger partial charge in [0.25, 0.3) is 5.91 Å². The Morgan fingerprint density at radius 1 is 1.12 bits per heavy atom. The minimum Gasteiger partial charge on any atom is -0.378 e. The van der Waals surface area contributed by atoms with E-state index in [1.54, 1.807) is 18.2 Å². The number of anilines is 1. The summed E-state index contributed by atoms with van der Waals surface area (Å²) >= 11 is 12.0. The van der Waals surface area contributed by atoms with Gasteiger partial charge in [-0.25, -0.2) is 0 Å². The molecule has 2 aromatic rings. The van der Waals surface area contributed by atoms with E-state index in [4.69, 9.17) is 23.2 Å². The average Bonchev–Trinajstić information content (AvgIpc) is 2.55. The highest BCUT2D eigenvalue weighted by molar-refractivity contribution is 6.36. The summed E-state index contributed by atoms with van der Waals surface area (Å²) < 4.78 is 0. The van der Waals surface area contributed by atoms with Crippen molar-refractivity contribution < 1.29 is 9.69 Å². The zero-order chi connectivity index (χ0) is 18.6. The number of likely N-dealkylation sites (N-methyl/N-ethyl adjacent to an activating group) is 1. The molecule has 2 aromatic carbocycles. The van der Waals surface area contributed by atoms with Crippen LogP contribution in [0.4, 0.5) is 5.69 Å². The topological polar surface area (TPSA) is 36.8 Å². The summed E-state index contributed by atoms with van der Waals surface area (Å²) in [6.07, 6.45) is 0. The summed E-state index contributed by atoms with van der Waals surface area (Å²) in [6, 6.07) is 13.4. The molecule has 2 rings (SSSR count). The van der Waals surface area contributed by atoms with Crippen molar-refractivity contribution in [2.45, 2.75) is 6.04 Å². The smallest absolute Gasteiger partial charge is 0.253 e. The van der Waals surface area contributed by atoms with Crippen LogP contribution >= 0.6 is 23.2 Å². The Hall–Kier alpha value is -1.75. The van der Waals surface area contributed by atoms with E-state index in [9.17, 15) is 4.79 Å². The first-order valence-electron chi connectivity index (χ1n) is 8.10. The predicted octanol–water partition coefficient (Wildman–Crippen LogP) is 2.68. The molecule has 0 aliphatic heterocycles. The Labute approximate surface area is 159 Å². The summed E-state index contributed by atoms with van der Waals surface area (Å²) in [5, 5.41) is 3.85. The van der Waals surface area contributed by atoms with Gasteiger partial charge in [-0.15, -0.1) is 0 Å². The van der Waals surface area contributed by atoms with Gasteiger partial charge >= 0.3 is 0 Å². The first-order chi connectivity index (χ1) is 11.8. The maximum absolute atomic E-state index is 12.4. The molecule has 0 fully saturated rings. The molecular formula is C19H24Cl2N3O+. The Kier molecular flexibility index (Phi) is 6.71. The number of carbonyl (C=O) groups is 1. The Morgan fingerprint density at radius 2 is 1.76 bits per heavy atom. The van der Waals surface area contributed by atoms with Gasteiger partial charge < -0.3 is 15.1 Å². The molecular weight excluding hydrogens is 357 g/mol. The highest BCUT2D eigenvalue weighted by atomic mass is 35.5. The maximum Gasteiger partial charge on any atom is 0.253 e. The zero-order valence-corrected chi connectivity index (χ0v) is 16.4. The number of amides is 1. The number of rotatable bonds is 6. The lowest BCUT2D eigenvalue weighted by Gasteiger charge is -2.23. The first kappa shape index (κ1) is 19.6. The highest BCUT2D eigenvalue weighted by Crippen LogP contribution is 2.21. The van der Waals surface area contributed by atoms with Gasteiger partial charge in [0.15, 0.2) is 0 Å². The molecule has 1 amide bonds. The second-order valence-corrected chi connectivity index (χ2v) is 7.29. The number of carbonyl (C=O) groups excluding carboxylic acids is 1. The van der Waals surface area contributed by atoms with Crippen molar-refractivity contribution in [2.75, 3.05) is 39.6 Å². The first-order valence-corrected chi connectivity index (χ1v) is 8.85. The Bertz CT molecular complexity index is 730. The third-order valence-corrected chi connectivity index (χ3v) is 4.70. The van der Waals surface area contributed by atoms with Gasteiger partial charge in [-0.2, -0.15) is 0 Å². The molecule has 0 radical (unpaired) electrons. The molecule has 134 valence electrons. The van der Waals surface area contributed by atoms with Crippen molar-refractivity contribution in [3.8, 4) is 0 Å². The van der Waals surface area contributed by atoms with E-state index in [1.807, 2.05) is 14.1 Å². The Morgan fingerprint density at radius 3 is 2.28 bits per heavy atom. The van der Waals surface area contributed by atoms with Crippen LogP contribution in [0.1, 0.15) is 22.0 Å². The molecule has 4 nitrogen and oxygen atoms in total. The molecule has 0 saturated heterocycles. The fraction of sp³-hybridized carbons (Fsp3) is 0.316. The molecule has 2 N–H and O–H groups in total. The van der Waals surface area contributed by atoms with Gasteiger partial charge in [-0.1, -0.05) is 35.3 Å². The number of hydrogen-bond donors (Lipinski definition) is 2. The summed E-state index contributed by atoms with van der Waals surface area (Å²) in [5.41, 5.74) is 2.75. The number of nitrogens with one attached hydrogen (secondary N) is 2. The van der Waals surface area contributed by atoms with Crippen LogP contribution in [0.15, 0.2) is 42.5 Å². The molecule has 0 saturated carbocycles. The fourth-order valence-corrected chi connectivity index (χ4v) is 3.12. The van der Waals surface area contributed by atoms with Crippen LogP contribution in [-0.2, 0) is 0 Å². The van der Waals surface area contributed by atoms with Gasteiger partial charge in [-0.05, 0) is 30.3 Å². The summed E-state index contributed by atoms with van der Waals surface area (Å²) in [4.78, 5) is 15.7. The maximum atomic E-state index is 12.4. The van der Waals surface area contributed by atoms with Crippen LogP contribution in [0.25, 0.3) is 0 Å². The number of halogens is 2. The summed E-state index contributed by atoms with van der Waals surface area (Å²) in [5.74, 6) is -0.196. The number of hydrogen-bond acceptors (Lipinski definition) is 2. The van der Waals surface area contributed by atoms with Gasteiger partial charge in [0.1, 0.15) is 6.04 Å². The number of quaternary nitrogens is 1. The van der Waals surface area contributed by atoms with Crippen molar-refractivity contribution in [1.29, 1.82) is 0 Å².